The first-order valence-corrected chi connectivity index (χ1v) is 9.63. The second-order valence-corrected chi connectivity index (χ2v) is 7.66. The number of carbonyl (C=O) groups is 1. The van der Waals surface area contributed by atoms with Gasteiger partial charge in [-0.1, -0.05) is 13.0 Å². The summed E-state index contributed by atoms with van der Waals surface area (Å²) in [6.45, 7) is 4.84. The van der Waals surface area contributed by atoms with Crippen LogP contribution in [0.1, 0.15) is 30.7 Å². The van der Waals surface area contributed by atoms with E-state index in [0.717, 1.165) is 19.0 Å². The Morgan fingerprint density at radius 1 is 1.46 bits per heavy atom. The molecular weight excluding hydrogens is 354 g/mol. The maximum atomic E-state index is 12.2. The monoisotopic (exact) mass is 377 g/mol. The molecule has 0 saturated carbocycles. The van der Waals surface area contributed by atoms with Gasteiger partial charge in [0.05, 0.1) is 23.4 Å². The van der Waals surface area contributed by atoms with Gasteiger partial charge in [-0.15, -0.1) is 11.3 Å². The molecule has 0 radical (unpaired) electrons. The quantitative estimate of drug-likeness (QED) is 0.591. The lowest BCUT2D eigenvalue weighted by molar-refractivity contribution is -0.389. The Morgan fingerprint density at radius 2 is 2.23 bits per heavy atom. The van der Waals surface area contributed by atoms with Crippen molar-refractivity contribution in [1.29, 1.82) is 0 Å². The molecule has 0 spiro atoms. The Bertz CT molecular complexity index is 737. The van der Waals surface area contributed by atoms with E-state index in [1.165, 1.54) is 34.7 Å². The molecule has 1 N–H and O–H groups in total. The molecular formula is C17H23N5O3S. The largest absolute Gasteiger partial charge is 0.389 e. The van der Waals surface area contributed by atoms with Crippen LogP contribution in [-0.2, 0) is 11.3 Å². The first-order valence-electron chi connectivity index (χ1n) is 8.75. The van der Waals surface area contributed by atoms with Crippen LogP contribution >= 0.6 is 11.3 Å². The highest BCUT2D eigenvalue weighted by atomic mass is 32.1. The van der Waals surface area contributed by atoms with Crippen molar-refractivity contribution in [2.24, 2.45) is 5.92 Å². The first-order chi connectivity index (χ1) is 12.5. The minimum Gasteiger partial charge on any atom is -0.358 e. The zero-order valence-electron chi connectivity index (χ0n) is 14.7. The maximum absolute atomic E-state index is 12.2. The Kier molecular flexibility index (Phi) is 6.00. The van der Waals surface area contributed by atoms with Crippen LogP contribution < -0.4 is 5.32 Å². The summed E-state index contributed by atoms with van der Waals surface area (Å²) in [5.74, 6) is 0.298. The third kappa shape index (κ3) is 4.67. The van der Waals surface area contributed by atoms with Crippen molar-refractivity contribution in [2.45, 2.75) is 32.4 Å². The fourth-order valence-electron chi connectivity index (χ4n) is 3.18. The molecule has 3 heterocycles. The molecule has 1 saturated heterocycles. The minimum absolute atomic E-state index is 0.0258. The summed E-state index contributed by atoms with van der Waals surface area (Å²) < 4.78 is 1.29. The zero-order valence-corrected chi connectivity index (χ0v) is 15.5. The van der Waals surface area contributed by atoms with Gasteiger partial charge in [0.2, 0.25) is 5.91 Å². The first kappa shape index (κ1) is 18.5. The van der Waals surface area contributed by atoms with Gasteiger partial charge >= 0.3 is 5.82 Å². The predicted molar refractivity (Wildman–Crippen MR) is 98.9 cm³/mol. The van der Waals surface area contributed by atoms with Gasteiger partial charge in [0, 0.05) is 11.4 Å². The highest BCUT2D eigenvalue weighted by molar-refractivity contribution is 7.10. The van der Waals surface area contributed by atoms with Crippen LogP contribution in [-0.4, -0.2) is 45.1 Å². The number of hydrogen-bond acceptors (Lipinski definition) is 6. The normalized spacial score (nSPS) is 17.1. The number of piperidine rings is 1. The fraction of sp³-hybridized carbons (Fsp3) is 0.529. The van der Waals surface area contributed by atoms with E-state index in [1.807, 2.05) is 6.07 Å². The van der Waals surface area contributed by atoms with Crippen molar-refractivity contribution in [3.8, 4) is 0 Å². The molecule has 3 rings (SSSR count). The van der Waals surface area contributed by atoms with Gasteiger partial charge in [-0.2, -0.15) is 4.68 Å². The summed E-state index contributed by atoms with van der Waals surface area (Å²) in [5, 5.41) is 19.5. The van der Waals surface area contributed by atoms with Gasteiger partial charge in [-0.05, 0) is 48.2 Å². The molecule has 9 heteroatoms. The zero-order chi connectivity index (χ0) is 18.5. The molecule has 26 heavy (non-hydrogen) atoms. The number of nitrogens with zero attached hydrogens (tertiary/aromatic N) is 4. The fourth-order valence-corrected chi connectivity index (χ4v) is 4.04. The molecule has 1 aliphatic heterocycles. The lowest BCUT2D eigenvalue weighted by Gasteiger charge is -2.36. The molecule has 1 unspecified atom stereocenters. The van der Waals surface area contributed by atoms with Gasteiger partial charge in [-0.25, -0.2) is 0 Å². The molecule has 0 aliphatic carbocycles. The number of aromatic nitrogens is 2. The number of hydrogen-bond donors (Lipinski definition) is 1. The van der Waals surface area contributed by atoms with Crippen molar-refractivity contribution in [1.82, 2.24) is 20.0 Å². The standard InChI is InChI=1S/C17H23N5O3S/c1-13-4-7-20(8-5-13)14(15-3-2-10-26-15)11-18-17(23)12-21-9-6-16(19-21)22(24)25/h2-3,6,9-10,13-14H,4-5,7-8,11-12H2,1H3,(H,18,23). The third-order valence-electron chi connectivity index (χ3n) is 4.74. The van der Waals surface area contributed by atoms with Crippen LogP contribution in [0.3, 0.4) is 0 Å². The van der Waals surface area contributed by atoms with Gasteiger partial charge in [0.25, 0.3) is 0 Å². The van der Waals surface area contributed by atoms with Crippen LogP contribution in [0.2, 0.25) is 0 Å². The second-order valence-electron chi connectivity index (χ2n) is 6.68. The highest BCUT2D eigenvalue weighted by Gasteiger charge is 2.26. The number of carbonyl (C=O) groups excluding carboxylic acids is 1. The summed E-state index contributed by atoms with van der Waals surface area (Å²) in [5.41, 5.74) is 0. The number of likely N-dealkylation sites (tertiary alicyclic amines) is 1. The molecule has 0 aromatic carbocycles. The smallest absolute Gasteiger partial charge is 0.358 e. The Labute approximate surface area is 156 Å². The average molecular weight is 377 g/mol. The van der Waals surface area contributed by atoms with E-state index in [9.17, 15) is 14.9 Å². The topological polar surface area (TPSA) is 93.3 Å². The molecule has 1 fully saturated rings. The summed E-state index contributed by atoms with van der Waals surface area (Å²) in [7, 11) is 0. The van der Waals surface area contributed by atoms with Crippen molar-refractivity contribution >= 4 is 23.1 Å². The molecule has 140 valence electrons. The molecule has 1 aliphatic rings. The third-order valence-corrected chi connectivity index (χ3v) is 5.72. The van der Waals surface area contributed by atoms with Gasteiger partial charge < -0.3 is 15.4 Å². The maximum Gasteiger partial charge on any atom is 0.389 e. The van der Waals surface area contributed by atoms with Crippen LogP contribution in [0.5, 0.6) is 0 Å². The van der Waals surface area contributed by atoms with Crippen molar-refractivity contribution < 1.29 is 9.72 Å². The number of nitrogens with one attached hydrogen (secondary N) is 1. The van der Waals surface area contributed by atoms with E-state index in [-0.39, 0.29) is 24.3 Å². The van der Waals surface area contributed by atoms with Crippen molar-refractivity contribution in [3.05, 3.63) is 44.8 Å². The van der Waals surface area contributed by atoms with E-state index in [0.29, 0.717) is 6.54 Å². The molecule has 1 atom stereocenters. The number of rotatable bonds is 7. The molecule has 2 aromatic rings. The SMILES string of the molecule is CC1CCN(C(CNC(=O)Cn2ccc([N+](=O)[O-])n2)c2cccs2)CC1. The van der Waals surface area contributed by atoms with Crippen molar-refractivity contribution in [2.75, 3.05) is 19.6 Å². The Hall–Kier alpha value is -2.26. The molecule has 1 amide bonds. The average Bonchev–Trinajstić information content (AvgIpc) is 3.28. The van der Waals surface area contributed by atoms with E-state index in [4.69, 9.17) is 0 Å². The summed E-state index contributed by atoms with van der Waals surface area (Å²) in [4.78, 5) is 26.0. The molecule has 2 aromatic heterocycles. The van der Waals surface area contributed by atoms with E-state index in [1.54, 1.807) is 11.3 Å². The Morgan fingerprint density at radius 3 is 2.85 bits per heavy atom. The minimum atomic E-state index is -0.571. The lowest BCUT2D eigenvalue weighted by atomic mass is 9.97. The van der Waals surface area contributed by atoms with E-state index < -0.39 is 4.92 Å². The van der Waals surface area contributed by atoms with E-state index in [2.05, 4.69) is 33.7 Å². The summed E-state index contributed by atoms with van der Waals surface area (Å²) in [6.07, 6.45) is 3.79. The highest BCUT2D eigenvalue weighted by Crippen LogP contribution is 2.29. The second kappa shape index (κ2) is 8.41. The number of amides is 1. The Balaban J connectivity index is 1.58. The molecule has 8 nitrogen and oxygen atoms in total. The van der Waals surface area contributed by atoms with Crippen LogP contribution in [0, 0.1) is 16.0 Å². The summed E-state index contributed by atoms with van der Waals surface area (Å²) >= 11 is 1.70. The van der Waals surface area contributed by atoms with Crippen LogP contribution in [0.4, 0.5) is 5.82 Å². The number of nitro groups is 1. The van der Waals surface area contributed by atoms with Gasteiger partial charge in [0.15, 0.2) is 0 Å². The predicted octanol–water partition coefficient (Wildman–Crippen LogP) is 2.44. The number of thiophene rings is 1. The van der Waals surface area contributed by atoms with Crippen LogP contribution in [0.25, 0.3) is 0 Å². The van der Waals surface area contributed by atoms with Crippen LogP contribution in [0.15, 0.2) is 29.8 Å². The lowest BCUT2D eigenvalue weighted by Crippen LogP contribution is -2.42. The van der Waals surface area contributed by atoms with Gasteiger partial charge in [0.1, 0.15) is 6.54 Å². The van der Waals surface area contributed by atoms with Gasteiger partial charge in [-0.3, -0.25) is 9.69 Å². The summed E-state index contributed by atoms with van der Waals surface area (Å²) in [6, 6.07) is 5.59. The molecule has 0 bridgehead atoms. The van der Waals surface area contributed by atoms with Crippen molar-refractivity contribution in [3.63, 3.8) is 0 Å². The van der Waals surface area contributed by atoms with E-state index >= 15 is 0 Å².